The van der Waals surface area contributed by atoms with Gasteiger partial charge in [-0.2, -0.15) is 0 Å². The second-order valence-electron chi connectivity index (χ2n) is 3.99. The minimum atomic E-state index is -0.181. The van der Waals surface area contributed by atoms with E-state index in [1.807, 2.05) is 30.3 Å². The molecule has 1 aromatic carbocycles. The lowest BCUT2D eigenvalue weighted by Crippen LogP contribution is -2.16. The van der Waals surface area contributed by atoms with Crippen LogP contribution in [0.1, 0.15) is 17.3 Å². The lowest BCUT2D eigenvalue weighted by molar-refractivity contribution is 0.401. The van der Waals surface area contributed by atoms with Crippen molar-refractivity contribution in [2.45, 2.75) is 12.5 Å². The van der Waals surface area contributed by atoms with Gasteiger partial charge in [-0.1, -0.05) is 34.1 Å². The van der Waals surface area contributed by atoms with Crippen molar-refractivity contribution in [2.75, 3.05) is 7.11 Å². The van der Waals surface area contributed by atoms with Gasteiger partial charge in [-0.05, 0) is 30.2 Å². The third-order valence-corrected chi connectivity index (χ3v) is 3.54. The van der Waals surface area contributed by atoms with Crippen LogP contribution in [0.25, 0.3) is 0 Å². The number of benzene rings is 1. The molecule has 0 fully saturated rings. The minimum absolute atomic E-state index is 0.181. The summed E-state index contributed by atoms with van der Waals surface area (Å²) >= 11 is 3.53. The van der Waals surface area contributed by atoms with Gasteiger partial charge in [0.1, 0.15) is 5.75 Å². The van der Waals surface area contributed by atoms with Crippen LogP contribution >= 0.6 is 15.9 Å². The molecule has 2 aromatic rings. The van der Waals surface area contributed by atoms with Gasteiger partial charge in [0.15, 0.2) is 0 Å². The van der Waals surface area contributed by atoms with Crippen molar-refractivity contribution in [2.24, 2.45) is 5.73 Å². The molecule has 0 spiro atoms. The van der Waals surface area contributed by atoms with Crippen molar-refractivity contribution in [3.05, 3.63) is 58.3 Å². The Hall–Kier alpha value is -1.39. The zero-order chi connectivity index (χ0) is 13.0. The Labute approximate surface area is 115 Å². The summed E-state index contributed by atoms with van der Waals surface area (Å²) in [6.07, 6.45) is 2.45. The van der Waals surface area contributed by atoms with Crippen LogP contribution in [0.15, 0.2) is 47.1 Å². The first kappa shape index (κ1) is 13.1. The average Bonchev–Trinajstić information content (AvgIpc) is 2.41. The van der Waals surface area contributed by atoms with Crippen molar-refractivity contribution in [3.63, 3.8) is 0 Å². The van der Waals surface area contributed by atoms with Crippen LogP contribution in [0.5, 0.6) is 5.75 Å². The number of aromatic nitrogens is 1. The van der Waals surface area contributed by atoms with E-state index in [-0.39, 0.29) is 6.04 Å². The lowest BCUT2D eigenvalue weighted by atomic mass is 10.0. The smallest absolute Gasteiger partial charge is 0.141 e. The lowest BCUT2D eigenvalue weighted by Gasteiger charge is -2.15. The fourth-order valence-corrected chi connectivity index (χ4v) is 2.30. The molecule has 0 saturated heterocycles. The highest BCUT2D eigenvalue weighted by atomic mass is 79.9. The number of halogens is 1. The van der Waals surface area contributed by atoms with Crippen LogP contribution in [0, 0.1) is 0 Å². The largest absolute Gasteiger partial charge is 0.495 e. The third-order valence-electron chi connectivity index (χ3n) is 2.77. The molecule has 0 saturated carbocycles. The highest BCUT2D eigenvalue weighted by molar-refractivity contribution is 9.10. The van der Waals surface area contributed by atoms with E-state index < -0.39 is 0 Å². The number of rotatable bonds is 4. The predicted molar refractivity (Wildman–Crippen MR) is 75.6 cm³/mol. The standard InChI is InChI=1S/C14H15BrN2O/c1-18-13-7-4-8-17-14(13)12(16)9-10-5-2-3-6-11(10)15/h2-8,12H,9,16H2,1H3. The van der Waals surface area contributed by atoms with Crippen LogP contribution in [-0.2, 0) is 6.42 Å². The average molecular weight is 307 g/mol. The fourth-order valence-electron chi connectivity index (χ4n) is 1.85. The highest BCUT2D eigenvalue weighted by Gasteiger charge is 2.14. The van der Waals surface area contributed by atoms with E-state index in [4.69, 9.17) is 10.5 Å². The molecule has 2 rings (SSSR count). The zero-order valence-corrected chi connectivity index (χ0v) is 11.7. The van der Waals surface area contributed by atoms with Crippen molar-refractivity contribution in [1.29, 1.82) is 0 Å². The molecule has 3 nitrogen and oxygen atoms in total. The molecule has 0 aliphatic heterocycles. The van der Waals surface area contributed by atoms with Crippen LogP contribution in [0.4, 0.5) is 0 Å². The quantitative estimate of drug-likeness (QED) is 0.944. The summed E-state index contributed by atoms with van der Waals surface area (Å²) in [4.78, 5) is 4.31. The summed E-state index contributed by atoms with van der Waals surface area (Å²) in [5, 5.41) is 0. The minimum Gasteiger partial charge on any atom is -0.495 e. The number of methoxy groups -OCH3 is 1. The molecule has 18 heavy (non-hydrogen) atoms. The molecule has 1 unspecified atom stereocenters. The van der Waals surface area contributed by atoms with E-state index in [0.717, 1.165) is 27.9 Å². The van der Waals surface area contributed by atoms with Crippen LogP contribution in [0.2, 0.25) is 0 Å². The van der Waals surface area contributed by atoms with E-state index in [1.165, 1.54) is 0 Å². The Balaban J connectivity index is 2.22. The maximum Gasteiger partial charge on any atom is 0.141 e. The Kier molecular flexibility index (Phi) is 4.33. The van der Waals surface area contributed by atoms with Crippen molar-refractivity contribution < 1.29 is 4.74 Å². The number of nitrogens with two attached hydrogens (primary N) is 1. The van der Waals surface area contributed by atoms with Crippen molar-refractivity contribution in [3.8, 4) is 5.75 Å². The maximum atomic E-state index is 6.21. The number of ether oxygens (including phenoxy) is 1. The van der Waals surface area contributed by atoms with Crippen molar-refractivity contribution in [1.82, 2.24) is 4.98 Å². The van der Waals surface area contributed by atoms with E-state index >= 15 is 0 Å². The van der Waals surface area contributed by atoms with E-state index in [9.17, 15) is 0 Å². The molecule has 0 aliphatic rings. The van der Waals surface area contributed by atoms with Gasteiger partial charge in [-0.3, -0.25) is 4.98 Å². The molecule has 0 aliphatic carbocycles. The first-order valence-electron chi connectivity index (χ1n) is 5.70. The second-order valence-corrected chi connectivity index (χ2v) is 4.85. The molecule has 0 amide bonds. The topological polar surface area (TPSA) is 48.1 Å². The number of hydrogen-bond acceptors (Lipinski definition) is 3. The molecule has 0 radical (unpaired) electrons. The van der Waals surface area contributed by atoms with E-state index in [1.54, 1.807) is 13.3 Å². The van der Waals surface area contributed by atoms with Crippen LogP contribution in [0.3, 0.4) is 0 Å². The molecule has 4 heteroatoms. The molecular formula is C14H15BrN2O. The Bertz CT molecular complexity index is 531. The van der Waals surface area contributed by atoms with Crippen LogP contribution in [-0.4, -0.2) is 12.1 Å². The van der Waals surface area contributed by atoms with Crippen LogP contribution < -0.4 is 10.5 Å². The number of nitrogens with zero attached hydrogens (tertiary/aromatic N) is 1. The first-order chi connectivity index (χ1) is 8.72. The molecular weight excluding hydrogens is 292 g/mol. The monoisotopic (exact) mass is 306 g/mol. The molecule has 1 atom stereocenters. The summed E-state index contributed by atoms with van der Waals surface area (Å²) < 4.78 is 6.35. The summed E-state index contributed by atoms with van der Waals surface area (Å²) in [7, 11) is 1.63. The molecule has 2 N–H and O–H groups in total. The Morgan fingerprint density at radius 2 is 2.06 bits per heavy atom. The van der Waals surface area contributed by atoms with Gasteiger partial charge in [0.25, 0.3) is 0 Å². The Morgan fingerprint density at radius 1 is 1.28 bits per heavy atom. The fraction of sp³-hybridized carbons (Fsp3) is 0.214. The van der Waals surface area contributed by atoms with Crippen molar-refractivity contribution >= 4 is 15.9 Å². The summed E-state index contributed by atoms with van der Waals surface area (Å²) in [5.41, 5.74) is 8.16. The first-order valence-corrected chi connectivity index (χ1v) is 6.49. The normalized spacial score (nSPS) is 12.2. The predicted octanol–water partition coefficient (Wildman–Crippen LogP) is 3.10. The highest BCUT2D eigenvalue weighted by Crippen LogP contribution is 2.26. The summed E-state index contributed by atoms with van der Waals surface area (Å²) in [5.74, 6) is 0.733. The zero-order valence-electron chi connectivity index (χ0n) is 10.1. The number of pyridine rings is 1. The molecule has 0 bridgehead atoms. The van der Waals surface area contributed by atoms with E-state index in [0.29, 0.717) is 0 Å². The van der Waals surface area contributed by atoms with Gasteiger partial charge in [0, 0.05) is 10.7 Å². The second kappa shape index (κ2) is 5.98. The van der Waals surface area contributed by atoms with Gasteiger partial charge >= 0.3 is 0 Å². The van der Waals surface area contributed by atoms with Gasteiger partial charge in [-0.15, -0.1) is 0 Å². The third kappa shape index (κ3) is 2.89. The summed E-state index contributed by atoms with van der Waals surface area (Å²) in [6.45, 7) is 0. The van der Waals surface area contributed by atoms with E-state index in [2.05, 4.69) is 27.0 Å². The van der Waals surface area contributed by atoms with Gasteiger partial charge in [0.05, 0.1) is 18.8 Å². The SMILES string of the molecule is COc1cccnc1C(N)Cc1ccccc1Br. The van der Waals surface area contributed by atoms with Gasteiger partial charge < -0.3 is 10.5 Å². The summed E-state index contributed by atoms with van der Waals surface area (Å²) in [6, 6.07) is 11.6. The molecule has 1 heterocycles. The van der Waals surface area contributed by atoms with Gasteiger partial charge in [-0.25, -0.2) is 0 Å². The number of hydrogen-bond donors (Lipinski definition) is 1. The Morgan fingerprint density at radius 3 is 2.78 bits per heavy atom. The molecule has 94 valence electrons. The molecule has 1 aromatic heterocycles. The maximum absolute atomic E-state index is 6.21. The van der Waals surface area contributed by atoms with Gasteiger partial charge in [0.2, 0.25) is 0 Å².